The van der Waals surface area contributed by atoms with Gasteiger partial charge in [-0.3, -0.25) is 4.84 Å². The zero-order chi connectivity index (χ0) is 18.9. The molecule has 0 saturated carbocycles. The fraction of sp³-hybridized carbons (Fsp3) is 0.360. The minimum atomic E-state index is 0.0841. The van der Waals surface area contributed by atoms with Gasteiger partial charge in [0.15, 0.2) is 0 Å². The van der Waals surface area contributed by atoms with E-state index in [2.05, 4.69) is 92.1 Å². The van der Waals surface area contributed by atoms with E-state index in [1.54, 1.807) is 0 Å². The lowest BCUT2D eigenvalue weighted by molar-refractivity contribution is -0.0524. The number of hydroxylamine groups is 1. The molecule has 0 saturated heterocycles. The largest absolute Gasteiger partial charge is 0.293 e. The second-order valence-corrected chi connectivity index (χ2v) is 7.23. The smallest absolute Gasteiger partial charge is 0.104 e. The van der Waals surface area contributed by atoms with Gasteiger partial charge in [-0.2, -0.15) is 5.48 Å². The lowest BCUT2D eigenvalue weighted by Crippen LogP contribution is -2.24. The van der Waals surface area contributed by atoms with Crippen molar-refractivity contribution in [1.82, 2.24) is 5.48 Å². The van der Waals surface area contributed by atoms with Gasteiger partial charge < -0.3 is 0 Å². The quantitative estimate of drug-likeness (QED) is 0.388. The molecule has 0 aliphatic rings. The van der Waals surface area contributed by atoms with Gasteiger partial charge in [0.25, 0.3) is 0 Å². The summed E-state index contributed by atoms with van der Waals surface area (Å²) < 4.78 is 0. The van der Waals surface area contributed by atoms with Crippen molar-refractivity contribution in [2.24, 2.45) is 0 Å². The molecule has 2 heteroatoms. The van der Waals surface area contributed by atoms with Gasteiger partial charge in [-0.15, -0.1) is 0 Å². The first-order valence-electron chi connectivity index (χ1n) is 10.3. The van der Waals surface area contributed by atoms with Crippen LogP contribution in [0.2, 0.25) is 0 Å². The molecule has 27 heavy (non-hydrogen) atoms. The van der Waals surface area contributed by atoms with Crippen molar-refractivity contribution in [1.29, 1.82) is 0 Å². The highest BCUT2D eigenvalue weighted by molar-refractivity contribution is 5.83. The lowest BCUT2D eigenvalue weighted by Gasteiger charge is -2.24. The fourth-order valence-corrected chi connectivity index (χ4v) is 3.51. The zero-order valence-corrected chi connectivity index (χ0v) is 16.5. The van der Waals surface area contributed by atoms with Crippen molar-refractivity contribution in [3.63, 3.8) is 0 Å². The predicted molar refractivity (Wildman–Crippen MR) is 115 cm³/mol. The number of benzene rings is 3. The Labute approximate surface area is 163 Å². The maximum atomic E-state index is 6.24. The van der Waals surface area contributed by atoms with E-state index in [0.29, 0.717) is 0 Å². The molecule has 3 rings (SSSR count). The van der Waals surface area contributed by atoms with Crippen molar-refractivity contribution in [2.75, 3.05) is 0 Å². The number of hydrogen-bond acceptors (Lipinski definition) is 2. The van der Waals surface area contributed by atoms with Crippen LogP contribution in [0.5, 0.6) is 0 Å². The summed E-state index contributed by atoms with van der Waals surface area (Å²) in [6.07, 6.45) is 5.62. The normalized spacial score (nSPS) is 13.6. The number of rotatable bonds is 10. The Morgan fingerprint density at radius 1 is 0.741 bits per heavy atom. The van der Waals surface area contributed by atoms with Crippen LogP contribution in [0.25, 0.3) is 10.8 Å². The Bertz CT molecular complexity index is 815. The van der Waals surface area contributed by atoms with Crippen LogP contribution in [-0.2, 0) is 4.84 Å². The molecule has 0 amide bonds. The number of fused-ring (bicyclic) bond motifs is 1. The van der Waals surface area contributed by atoms with E-state index in [0.717, 1.165) is 19.3 Å². The Hall–Kier alpha value is -2.16. The molecule has 0 heterocycles. The average molecular weight is 362 g/mol. The second kappa shape index (κ2) is 10.2. The highest BCUT2D eigenvalue weighted by Gasteiger charge is 2.16. The highest BCUT2D eigenvalue weighted by atomic mass is 16.7. The molecule has 0 radical (unpaired) electrons. The Balaban J connectivity index is 1.76. The minimum absolute atomic E-state index is 0.0841. The third kappa shape index (κ3) is 5.41. The van der Waals surface area contributed by atoms with Crippen LogP contribution in [0.15, 0.2) is 72.8 Å². The van der Waals surface area contributed by atoms with Crippen molar-refractivity contribution in [3.05, 3.63) is 83.9 Å². The molecule has 0 aromatic heterocycles. The van der Waals surface area contributed by atoms with Crippen molar-refractivity contribution in [3.8, 4) is 0 Å². The molecular weight excluding hydrogens is 330 g/mol. The van der Waals surface area contributed by atoms with Crippen LogP contribution in [0, 0.1) is 0 Å². The average Bonchev–Trinajstić information content (AvgIpc) is 2.73. The Morgan fingerprint density at radius 2 is 1.48 bits per heavy atom. The Kier molecular flexibility index (Phi) is 7.44. The zero-order valence-electron chi connectivity index (χ0n) is 16.5. The molecule has 1 N–H and O–H groups in total. The van der Waals surface area contributed by atoms with Gasteiger partial charge in [-0.25, -0.2) is 0 Å². The van der Waals surface area contributed by atoms with Gasteiger partial charge in [0.1, 0.15) is 6.10 Å². The first-order valence-corrected chi connectivity index (χ1v) is 10.3. The molecule has 0 fully saturated rings. The van der Waals surface area contributed by atoms with Crippen LogP contribution < -0.4 is 5.48 Å². The summed E-state index contributed by atoms with van der Waals surface area (Å²) in [5, 5.41) is 2.57. The van der Waals surface area contributed by atoms with E-state index in [9.17, 15) is 0 Å². The molecule has 2 atom stereocenters. The molecular formula is C25H31NO. The van der Waals surface area contributed by atoms with E-state index in [-0.39, 0.29) is 12.1 Å². The second-order valence-electron chi connectivity index (χ2n) is 7.23. The number of hydrogen-bond donors (Lipinski definition) is 1. The van der Waals surface area contributed by atoms with Gasteiger partial charge >= 0.3 is 0 Å². The van der Waals surface area contributed by atoms with Gasteiger partial charge in [-0.1, -0.05) is 99.8 Å². The molecule has 3 aromatic rings. The standard InChI is InChI=1S/C25H31NO/c1-3-5-16-24(23-18-17-20-12-9-10-15-22(20)19-23)26-27-25(11-4-2)21-13-7-6-8-14-21/h6-10,12-15,17-19,24-26H,3-5,11,16H2,1-2H3/t24-,25-/m0/s1. The molecule has 0 aliphatic carbocycles. The van der Waals surface area contributed by atoms with Crippen LogP contribution in [0.4, 0.5) is 0 Å². The van der Waals surface area contributed by atoms with E-state index in [1.807, 2.05) is 0 Å². The number of nitrogens with one attached hydrogen (secondary N) is 1. The molecule has 2 nitrogen and oxygen atoms in total. The minimum Gasteiger partial charge on any atom is -0.293 e. The van der Waals surface area contributed by atoms with Crippen LogP contribution >= 0.6 is 0 Å². The number of unbranched alkanes of at least 4 members (excludes halogenated alkanes) is 1. The summed E-state index contributed by atoms with van der Waals surface area (Å²) >= 11 is 0. The molecule has 0 aliphatic heterocycles. The van der Waals surface area contributed by atoms with E-state index in [4.69, 9.17) is 4.84 Å². The van der Waals surface area contributed by atoms with Crippen LogP contribution in [0.1, 0.15) is 69.2 Å². The summed E-state index contributed by atoms with van der Waals surface area (Å²) in [7, 11) is 0. The Morgan fingerprint density at radius 3 is 2.22 bits per heavy atom. The summed E-state index contributed by atoms with van der Waals surface area (Å²) in [6, 6.07) is 26.0. The fourth-order valence-electron chi connectivity index (χ4n) is 3.51. The topological polar surface area (TPSA) is 21.3 Å². The monoisotopic (exact) mass is 361 g/mol. The van der Waals surface area contributed by atoms with E-state index >= 15 is 0 Å². The molecule has 3 aromatic carbocycles. The summed E-state index contributed by atoms with van der Waals surface area (Å²) in [6.45, 7) is 4.44. The van der Waals surface area contributed by atoms with Crippen molar-refractivity contribution < 1.29 is 4.84 Å². The van der Waals surface area contributed by atoms with Gasteiger partial charge in [0, 0.05) is 0 Å². The summed E-state index contributed by atoms with van der Waals surface area (Å²) in [5.74, 6) is 0. The lowest BCUT2D eigenvalue weighted by atomic mass is 9.98. The van der Waals surface area contributed by atoms with Gasteiger partial charge in [-0.05, 0) is 40.8 Å². The molecule has 0 spiro atoms. The summed E-state index contributed by atoms with van der Waals surface area (Å²) in [4.78, 5) is 6.24. The maximum Gasteiger partial charge on any atom is 0.104 e. The molecule has 0 unspecified atom stereocenters. The van der Waals surface area contributed by atoms with Gasteiger partial charge in [0.2, 0.25) is 0 Å². The SMILES string of the molecule is CCCC[C@H](NO[C@@H](CCC)c1ccccc1)c1ccc2ccccc2c1. The van der Waals surface area contributed by atoms with Crippen LogP contribution in [0.3, 0.4) is 0 Å². The summed E-state index contributed by atoms with van der Waals surface area (Å²) in [5.41, 5.74) is 5.95. The predicted octanol–water partition coefficient (Wildman–Crippen LogP) is 7.13. The first kappa shape index (κ1) is 19.6. The van der Waals surface area contributed by atoms with Gasteiger partial charge in [0.05, 0.1) is 6.04 Å². The maximum absolute atomic E-state index is 6.24. The third-order valence-electron chi connectivity index (χ3n) is 5.10. The van der Waals surface area contributed by atoms with E-state index < -0.39 is 0 Å². The molecule has 0 bridgehead atoms. The first-order chi connectivity index (χ1) is 13.3. The molecule has 142 valence electrons. The van der Waals surface area contributed by atoms with E-state index in [1.165, 1.54) is 34.7 Å². The third-order valence-corrected chi connectivity index (χ3v) is 5.10. The van der Waals surface area contributed by atoms with Crippen molar-refractivity contribution in [2.45, 2.75) is 58.1 Å². The highest BCUT2D eigenvalue weighted by Crippen LogP contribution is 2.27. The van der Waals surface area contributed by atoms with Crippen LogP contribution in [-0.4, -0.2) is 0 Å². The van der Waals surface area contributed by atoms with Crippen molar-refractivity contribution >= 4 is 10.8 Å².